The molecule has 0 aliphatic heterocycles. The highest BCUT2D eigenvalue weighted by Gasteiger charge is 2.36. The zero-order chi connectivity index (χ0) is 8.72. The quantitative estimate of drug-likeness (QED) is 0.725. The van der Waals surface area contributed by atoms with Crippen LogP contribution >= 0.6 is 11.3 Å². The molecule has 2 atom stereocenters. The predicted octanol–water partition coefficient (Wildman–Crippen LogP) is 1.26. The van der Waals surface area contributed by atoms with Crippen molar-refractivity contribution in [2.75, 3.05) is 0 Å². The Morgan fingerprint density at radius 3 is 2.83 bits per heavy atom. The van der Waals surface area contributed by atoms with Gasteiger partial charge in [0.15, 0.2) is 0 Å². The van der Waals surface area contributed by atoms with E-state index in [0.717, 1.165) is 11.3 Å². The van der Waals surface area contributed by atoms with Crippen LogP contribution in [0.25, 0.3) is 0 Å². The molecule has 1 aliphatic rings. The van der Waals surface area contributed by atoms with Crippen molar-refractivity contribution < 1.29 is 9.90 Å². The van der Waals surface area contributed by atoms with Crippen LogP contribution in [0, 0.1) is 0 Å². The third-order valence-corrected chi connectivity index (χ3v) is 3.14. The van der Waals surface area contributed by atoms with Gasteiger partial charge >= 0.3 is 5.97 Å². The minimum Gasteiger partial charge on any atom is -0.478 e. The molecule has 2 rings (SSSR count). The number of nitrogens with two attached hydrogens (primary N) is 1. The van der Waals surface area contributed by atoms with Crippen molar-refractivity contribution in [3.63, 3.8) is 0 Å². The average Bonchev–Trinajstić information content (AvgIpc) is 2.59. The van der Waals surface area contributed by atoms with Crippen LogP contribution < -0.4 is 5.73 Å². The Balaban J connectivity index is 2.19. The summed E-state index contributed by atoms with van der Waals surface area (Å²) in [6.07, 6.45) is 1.000. The lowest BCUT2D eigenvalue weighted by atomic mass is 10.2. The van der Waals surface area contributed by atoms with Crippen molar-refractivity contribution in [3.05, 3.63) is 21.9 Å². The minimum atomic E-state index is -0.855. The maximum absolute atomic E-state index is 10.5. The van der Waals surface area contributed by atoms with E-state index in [2.05, 4.69) is 0 Å². The van der Waals surface area contributed by atoms with Gasteiger partial charge in [0.2, 0.25) is 0 Å². The van der Waals surface area contributed by atoms with Gasteiger partial charge in [-0.15, -0.1) is 11.3 Å². The number of hydrogen-bond donors (Lipinski definition) is 2. The Morgan fingerprint density at radius 1 is 1.75 bits per heavy atom. The second-order valence-electron chi connectivity index (χ2n) is 3.05. The Labute approximate surface area is 73.8 Å². The molecule has 1 unspecified atom stereocenters. The normalized spacial score (nSPS) is 27.1. The highest BCUT2D eigenvalue weighted by Crippen LogP contribution is 2.41. The van der Waals surface area contributed by atoms with Crippen molar-refractivity contribution in [1.29, 1.82) is 0 Å². The number of carbonyl (C=O) groups is 1. The molecule has 4 heteroatoms. The van der Waals surface area contributed by atoms with Crippen LogP contribution in [0.1, 0.15) is 27.6 Å². The first-order chi connectivity index (χ1) is 5.68. The molecule has 1 heterocycles. The first kappa shape index (κ1) is 7.76. The van der Waals surface area contributed by atoms with Gasteiger partial charge in [-0.1, -0.05) is 0 Å². The number of thiophene rings is 1. The van der Waals surface area contributed by atoms with Crippen LogP contribution in [0.15, 0.2) is 11.4 Å². The van der Waals surface area contributed by atoms with Gasteiger partial charge in [0.25, 0.3) is 0 Å². The van der Waals surface area contributed by atoms with Gasteiger partial charge in [0.1, 0.15) is 0 Å². The van der Waals surface area contributed by atoms with Gasteiger partial charge in [0, 0.05) is 22.2 Å². The fourth-order valence-corrected chi connectivity index (χ4v) is 2.27. The van der Waals surface area contributed by atoms with Crippen LogP contribution in [0.4, 0.5) is 0 Å². The zero-order valence-electron chi connectivity index (χ0n) is 6.36. The molecule has 1 aromatic heterocycles. The van der Waals surface area contributed by atoms with E-state index < -0.39 is 5.97 Å². The monoisotopic (exact) mass is 183 g/mol. The smallest absolute Gasteiger partial charge is 0.336 e. The van der Waals surface area contributed by atoms with Gasteiger partial charge in [-0.25, -0.2) is 4.79 Å². The van der Waals surface area contributed by atoms with Crippen LogP contribution in [0.2, 0.25) is 0 Å². The summed E-state index contributed by atoms with van der Waals surface area (Å²) in [6.45, 7) is 0. The number of carboxylic acids is 1. The lowest BCUT2D eigenvalue weighted by molar-refractivity contribution is 0.0697. The van der Waals surface area contributed by atoms with E-state index in [1.54, 1.807) is 11.4 Å². The minimum absolute atomic E-state index is 0.255. The molecule has 1 aromatic rings. The van der Waals surface area contributed by atoms with E-state index in [0.29, 0.717) is 11.5 Å². The predicted molar refractivity (Wildman–Crippen MR) is 46.6 cm³/mol. The van der Waals surface area contributed by atoms with Crippen molar-refractivity contribution >= 4 is 17.3 Å². The summed E-state index contributed by atoms with van der Waals surface area (Å²) in [7, 11) is 0. The van der Waals surface area contributed by atoms with E-state index in [9.17, 15) is 4.79 Å². The van der Waals surface area contributed by atoms with Crippen LogP contribution in [-0.4, -0.2) is 17.1 Å². The molecular weight excluding hydrogens is 174 g/mol. The van der Waals surface area contributed by atoms with Crippen LogP contribution in [-0.2, 0) is 0 Å². The topological polar surface area (TPSA) is 63.3 Å². The molecule has 0 spiro atoms. The van der Waals surface area contributed by atoms with Gasteiger partial charge in [-0.2, -0.15) is 0 Å². The lowest BCUT2D eigenvalue weighted by Gasteiger charge is -1.87. The summed E-state index contributed by atoms with van der Waals surface area (Å²) in [5.41, 5.74) is 6.03. The largest absolute Gasteiger partial charge is 0.478 e. The summed E-state index contributed by atoms with van der Waals surface area (Å²) < 4.78 is 0. The summed E-state index contributed by atoms with van der Waals surface area (Å²) in [5, 5.41) is 10.3. The van der Waals surface area contributed by atoms with E-state index in [1.807, 2.05) is 0 Å². The van der Waals surface area contributed by atoms with E-state index in [1.165, 1.54) is 11.3 Å². The summed E-state index contributed by atoms with van der Waals surface area (Å²) in [5.74, 6) is -0.435. The van der Waals surface area contributed by atoms with Gasteiger partial charge in [-0.3, -0.25) is 0 Å². The molecule has 3 nitrogen and oxygen atoms in total. The van der Waals surface area contributed by atoms with Crippen molar-refractivity contribution in [1.82, 2.24) is 0 Å². The van der Waals surface area contributed by atoms with E-state index >= 15 is 0 Å². The third kappa shape index (κ3) is 1.23. The third-order valence-electron chi connectivity index (χ3n) is 2.07. The molecule has 0 saturated heterocycles. The van der Waals surface area contributed by atoms with Crippen molar-refractivity contribution in [2.45, 2.75) is 18.4 Å². The zero-order valence-corrected chi connectivity index (χ0v) is 7.17. The first-order valence-electron chi connectivity index (χ1n) is 3.76. The molecule has 0 amide bonds. The fraction of sp³-hybridized carbons (Fsp3) is 0.375. The molecule has 0 radical (unpaired) electrons. The second-order valence-corrected chi connectivity index (χ2v) is 3.99. The second kappa shape index (κ2) is 2.57. The molecule has 1 saturated carbocycles. The number of rotatable bonds is 2. The van der Waals surface area contributed by atoms with E-state index in [4.69, 9.17) is 10.8 Å². The Morgan fingerprint density at radius 2 is 2.42 bits per heavy atom. The number of carboxylic acid groups (broad SMARTS) is 1. The Bertz CT molecular complexity index is 321. The van der Waals surface area contributed by atoms with Crippen LogP contribution in [0.3, 0.4) is 0 Å². The highest BCUT2D eigenvalue weighted by molar-refractivity contribution is 7.10. The molecule has 1 fully saturated rings. The fourth-order valence-electron chi connectivity index (χ4n) is 1.20. The maximum Gasteiger partial charge on any atom is 0.336 e. The van der Waals surface area contributed by atoms with Gasteiger partial charge in [0.05, 0.1) is 5.56 Å². The Hall–Kier alpha value is -0.870. The molecule has 64 valence electrons. The van der Waals surface area contributed by atoms with Crippen molar-refractivity contribution in [2.24, 2.45) is 5.73 Å². The maximum atomic E-state index is 10.5. The molecule has 3 N–H and O–H groups in total. The molecule has 0 bridgehead atoms. The van der Waals surface area contributed by atoms with Crippen molar-refractivity contribution in [3.8, 4) is 0 Å². The van der Waals surface area contributed by atoms with Gasteiger partial charge in [-0.05, 0) is 12.5 Å². The standard InChI is InChI=1S/C8H9NO2S/c9-6-2-5(6)7-1-4(3-12-7)8(10)11/h1,3,5-6H,2,9H2,(H,10,11)/t5?,6-/m1/s1. The Kier molecular flexibility index (Phi) is 1.66. The summed E-state index contributed by atoms with van der Waals surface area (Å²) in [6, 6.07) is 1.98. The van der Waals surface area contributed by atoms with Crippen LogP contribution in [0.5, 0.6) is 0 Å². The summed E-state index contributed by atoms with van der Waals surface area (Å²) in [4.78, 5) is 11.6. The average molecular weight is 183 g/mol. The summed E-state index contributed by atoms with van der Waals surface area (Å²) >= 11 is 1.49. The number of hydrogen-bond acceptors (Lipinski definition) is 3. The lowest BCUT2D eigenvalue weighted by Crippen LogP contribution is -2.00. The van der Waals surface area contributed by atoms with Gasteiger partial charge < -0.3 is 10.8 Å². The molecule has 0 aromatic carbocycles. The molecule has 12 heavy (non-hydrogen) atoms. The highest BCUT2D eigenvalue weighted by atomic mass is 32.1. The molecular formula is C8H9NO2S. The SMILES string of the molecule is N[C@@H]1CC1c1cc(C(=O)O)cs1. The first-order valence-corrected chi connectivity index (χ1v) is 4.64. The number of aromatic carboxylic acids is 1. The van der Waals surface area contributed by atoms with E-state index in [-0.39, 0.29) is 6.04 Å². The molecule has 1 aliphatic carbocycles.